The van der Waals surface area contributed by atoms with Gasteiger partial charge in [0.1, 0.15) is 0 Å². The second kappa shape index (κ2) is 8.38. The lowest BCUT2D eigenvalue weighted by Gasteiger charge is -2.29. The molecule has 0 bridgehead atoms. The molecule has 1 atom stereocenters. The fourth-order valence-corrected chi connectivity index (χ4v) is 4.56. The van der Waals surface area contributed by atoms with Crippen molar-refractivity contribution in [1.82, 2.24) is 4.90 Å². The molecule has 1 amide bonds. The quantitative estimate of drug-likeness (QED) is 0.612. The van der Waals surface area contributed by atoms with Gasteiger partial charge in [-0.05, 0) is 84.9 Å². The highest BCUT2D eigenvalue weighted by Crippen LogP contribution is 2.30. The number of carbonyl (C=O) groups is 1. The number of fused-ring (bicyclic) bond motifs is 2. The van der Waals surface area contributed by atoms with Gasteiger partial charge in [0.2, 0.25) is 5.91 Å². The zero-order chi connectivity index (χ0) is 20.4. The normalized spacial score (nSPS) is 16.1. The van der Waals surface area contributed by atoms with Gasteiger partial charge in [0.05, 0.1) is 6.54 Å². The summed E-state index contributed by atoms with van der Waals surface area (Å²) in [6, 6.07) is 21.4. The topological polar surface area (TPSA) is 23.6 Å². The van der Waals surface area contributed by atoms with Gasteiger partial charge < -0.3 is 9.80 Å². The molecular weight excluding hydrogens is 356 g/mol. The predicted octanol–water partition coefficient (Wildman–Crippen LogP) is 5.06. The Balaban J connectivity index is 1.56. The van der Waals surface area contributed by atoms with E-state index in [1.54, 1.807) is 6.92 Å². The molecule has 0 spiro atoms. The van der Waals surface area contributed by atoms with E-state index in [-0.39, 0.29) is 5.91 Å². The second-order valence-corrected chi connectivity index (χ2v) is 8.61. The standard InChI is InChI=1S/C26H30N2O/c1-19(29)28(18-21-8-10-22-6-4-5-7-23(22)15-21)26-13-12-24-14-20(17-27(2)3)9-11-25(24)16-26/h4-8,10,12-13,15-16,20H,9,11,14,17-18H2,1-3H3. The van der Waals surface area contributed by atoms with Crippen molar-refractivity contribution in [3.63, 3.8) is 0 Å². The summed E-state index contributed by atoms with van der Waals surface area (Å²) in [5.74, 6) is 0.810. The molecule has 0 fully saturated rings. The van der Waals surface area contributed by atoms with Crippen molar-refractivity contribution >= 4 is 22.4 Å². The van der Waals surface area contributed by atoms with Crippen molar-refractivity contribution < 1.29 is 4.79 Å². The van der Waals surface area contributed by atoms with E-state index in [4.69, 9.17) is 0 Å². The SMILES string of the molecule is CC(=O)N(Cc1ccc2ccccc2c1)c1ccc2c(c1)CCC(CN(C)C)C2. The van der Waals surface area contributed by atoms with Crippen molar-refractivity contribution in [2.75, 3.05) is 25.5 Å². The third-order valence-electron chi connectivity index (χ3n) is 5.99. The minimum atomic E-state index is 0.0828. The summed E-state index contributed by atoms with van der Waals surface area (Å²) in [7, 11) is 4.30. The van der Waals surface area contributed by atoms with E-state index in [2.05, 4.69) is 79.7 Å². The number of benzene rings is 3. The largest absolute Gasteiger partial charge is 0.309 e. The molecule has 0 radical (unpaired) electrons. The fourth-order valence-electron chi connectivity index (χ4n) is 4.56. The Bertz CT molecular complexity index is 1020. The highest BCUT2D eigenvalue weighted by Gasteiger charge is 2.21. The Morgan fingerprint density at radius 2 is 1.76 bits per heavy atom. The molecule has 3 nitrogen and oxygen atoms in total. The number of hydrogen-bond acceptors (Lipinski definition) is 2. The Labute approximate surface area is 173 Å². The summed E-state index contributed by atoms with van der Waals surface area (Å²) < 4.78 is 0. The van der Waals surface area contributed by atoms with E-state index in [0.29, 0.717) is 6.54 Å². The second-order valence-electron chi connectivity index (χ2n) is 8.61. The molecule has 0 aromatic heterocycles. The van der Waals surface area contributed by atoms with Gasteiger partial charge in [-0.1, -0.05) is 42.5 Å². The first kappa shape index (κ1) is 19.7. The maximum absolute atomic E-state index is 12.5. The Hall–Kier alpha value is -2.65. The van der Waals surface area contributed by atoms with Crippen LogP contribution >= 0.6 is 0 Å². The van der Waals surface area contributed by atoms with Gasteiger partial charge in [-0.3, -0.25) is 4.79 Å². The van der Waals surface area contributed by atoms with Crippen molar-refractivity contribution in [1.29, 1.82) is 0 Å². The van der Waals surface area contributed by atoms with Gasteiger partial charge >= 0.3 is 0 Å². The third kappa shape index (κ3) is 4.51. The number of hydrogen-bond donors (Lipinski definition) is 0. The molecule has 1 aliphatic carbocycles. The minimum Gasteiger partial charge on any atom is -0.309 e. The summed E-state index contributed by atoms with van der Waals surface area (Å²) in [4.78, 5) is 16.7. The summed E-state index contributed by atoms with van der Waals surface area (Å²) >= 11 is 0. The van der Waals surface area contributed by atoms with Crippen molar-refractivity contribution in [3.05, 3.63) is 77.4 Å². The zero-order valence-corrected chi connectivity index (χ0v) is 17.7. The van der Waals surface area contributed by atoms with Crippen LogP contribution in [0.15, 0.2) is 60.7 Å². The molecule has 150 valence electrons. The highest BCUT2D eigenvalue weighted by atomic mass is 16.2. The van der Waals surface area contributed by atoms with E-state index >= 15 is 0 Å². The molecule has 0 aliphatic heterocycles. The van der Waals surface area contributed by atoms with Gasteiger partial charge in [0.25, 0.3) is 0 Å². The predicted molar refractivity (Wildman–Crippen MR) is 121 cm³/mol. The fraction of sp³-hybridized carbons (Fsp3) is 0.346. The van der Waals surface area contributed by atoms with Crippen molar-refractivity contribution in [2.45, 2.75) is 32.7 Å². The molecule has 0 saturated heterocycles. The molecular formula is C26H30N2O. The van der Waals surface area contributed by atoms with Gasteiger partial charge in [-0.15, -0.1) is 0 Å². The van der Waals surface area contributed by atoms with Crippen LogP contribution in [0.1, 0.15) is 30.0 Å². The zero-order valence-electron chi connectivity index (χ0n) is 17.7. The number of anilines is 1. The van der Waals surface area contributed by atoms with Gasteiger partial charge in [-0.25, -0.2) is 0 Å². The monoisotopic (exact) mass is 386 g/mol. The average Bonchev–Trinajstić information content (AvgIpc) is 2.71. The Kier molecular flexibility index (Phi) is 5.68. The van der Waals surface area contributed by atoms with E-state index < -0.39 is 0 Å². The van der Waals surface area contributed by atoms with E-state index in [9.17, 15) is 4.79 Å². The van der Waals surface area contributed by atoms with Crippen molar-refractivity contribution in [2.24, 2.45) is 5.92 Å². The lowest BCUT2D eigenvalue weighted by Crippen LogP contribution is -2.29. The number of carbonyl (C=O) groups excluding carboxylic acids is 1. The highest BCUT2D eigenvalue weighted by molar-refractivity contribution is 5.92. The molecule has 1 aliphatic rings. The van der Waals surface area contributed by atoms with Gasteiger partial charge in [0.15, 0.2) is 0 Å². The maximum atomic E-state index is 12.5. The minimum absolute atomic E-state index is 0.0828. The average molecular weight is 387 g/mol. The van der Waals surface area contributed by atoms with Crippen LogP contribution in [0, 0.1) is 5.92 Å². The molecule has 0 saturated carbocycles. The molecule has 1 unspecified atom stereocenters. The summed E-state index contributed by atoms with van der Waals surface area (Å²) in [6.07, 6.45) is 3.46. The van der Waals surface area contributed by atoms with Crippen LogP contribution in [-0.4, -0.2) is 31.4 Å². The molecule has 0 N–H and O–H groups in total. The summed E-state index contributed by atoms with van der Waals surface area (Å²) in [6.45, 7) is 3.40. The first-order valence-corrected chi connectivity index (χ1v) is 10.5. The van der Waals surface area contributed by atoms with Crippen LogP contribution in [0.4, 0.5) is 5.69 Å². The third-order valence-corrected chi connectivity index (χ3v) is 5.99. The van der Waals surface area contributed by atoms with Crippen molar-refractivity contribution in [3.8, 4) is 0 Å². The molecule has 3 aromatic rings. The van der Waals surface area contributed by atoms with Crippen LogP contribution in [-0.2, 0) is 24.2 Å². The van der Waals surface area contributed by atoms with Gasteiger partial charge in [0, 0.05) is 19.2 Å². The lowest BCUT2D eigenvalue weighted by atomic mass is 9.83. The molecule has 4 rings (SSSR count). The lowest BCUT2D eigenvalue weighted by molar-refractivity contribution is -0.116. The van der Waals surface area contributed by atoms with Crippen LogP contribution in [0.25, 0.3) is 10.8 Å². The smallest absolute Gasteiger partial charge is 0.224 e. The van der Waals surface area contributed by atoms with E-state index in [1.165, 1.54) is 28.3 Å². The summed E-state index contributed by atoms with van der Waals surface area (Å²) in [5.41, 5.74) is 5.02. The first-order chi connectivity index (χ1) is 14.0. The number of amides is 1. The van der Waals surface area contributed by atoms with Gasteiger partial charge in [-0.2, -0.15) is 0 Å². The van der Waals surface area contributed by atoms with Crippen LogP contribution in [0.5, 0.6) is 0 Å². The molecule has 29 heavy (non-hydrogen) atoms. The maximum Gasteiger partial charge on any atom is 0.224 e. The Morgan fingerprint density at radius 3 is 2.52 bits per heavy atom. The number of aryl methyl sites for hydroxylation is 1. The first-order valence-electron chi connectivity index (χ1n) is 10.5. The Morgan fingerprint density at radius 1 is 0.966 bits per heavy atom. The van der Waals surface area contributed by atoms with Crippen LogP contribution in [0.2, 0.25) is 0 Å². The molecule has 3 aromatic carbocycles. The van der Waals surface area contributed by atoms with Crippen LogP contribution < -0.4 is 4.90 Å². The molecule has 3 heteroatoms. The number of rotatable bonds is 5. The van der Waals surface area contributed by atoms with Crippen LogP contribution in [0.3, 0.4) is 0 Å². The van der Waals surface area contributed by atoms with E-state index in [1.807, 2.05) is 4.90 Å². The summed E-state index contributed by atoms with van der Waals surface area (Å²) in [5, 5.41) is 2.44. The van der Waals surface area contributed by atoms with E-state index in [0.717, 1.165) is 36.6 Å². The molecule has 0 heterocycles. The number of nitrogens with zero attached hydrogens (tertiary/aromatic N) is 2.